The first-order chi connectivity index (χ1) is 18.9. The Morgan fingerprint density at radius 2 is 1.82 bits per heavy atom. The van der Waals surface area contributed by atoms with E-state index in [1.807, 2.05) is 0 Å². The van der Waals surface area contributed by atoms with Crippen LogP contribution in [-0.2, 0) is 21.0 Å². The van der Waals surface area contributed by atoms with Gasteiger partial charge in [0.15, 0.2) is 0 Å². The molecule has 2 atom stereocenters. The second-order valence-corrected chi connectivity index (χ2v) is 12.4. The molecule has 1 saturated heterocycles. The average molecular weight is 601 g/mol. The lowest BCUT2D eigenvalue weighted by Gasteiger charge is -2.38. The Hall–Kier alpha value is -2.99. The summed E-state index contributed by atoms with van der Waals surface area (Å²) in [4.78, 5) is 27.3. The van der Waals surface area contributed by atoms with Crippen LogP contribution >= 0.6 is 11.6 Å². The van der Waals surface area contributed by atoms with E-state index in [0.29, 0.717) is 19.5 Å². The molecular weight excluding hydrogens is 569 g/mol. The Morgan fingerprint density at radius 3 is 2.45 bits per heavy atom. The van der Waals surface area contributed by atoms with Gasteiger partial charge in [-0.15, -0.1) is 0 Å². The number of amides is 3. The molecule has 0 aromatic heterocycles. The number of carbonyl (C=O) groups is 2. The molecule has 40 heavy (non-hydrogen) atoms. The zero-order valence-electron chi connectivity index (χ0n) is 22.0. The van der Waals surface area contributed by atoms with Gasteiger partial charge in [0.2, 0.25) is 5.91 Å². The minimum atomic E-state index is -4.71. The molecule has 1 heterocycles. The molecule has 2 aliphatic rings. The Labute approximate surface area is 236 Å². The van der Waals surface area contributed by atoms with Gasteiger partial charge in [-0.2, -0.15) is 13.2 Å². The van der Waals surface area contributed by atoms with Crippen molar-refractivity contribution in [2.24, 2.45) is 5.92 Å². The van der Waals surface area contributed by atoms with Crippen molar-refractivity contribution in [1.29, 1.82) is 0 Å². The number of hydrogen-bond donors (Lipinski definition) is 2. The van der Waals surface area contributed by atoms with Crippen molar-refractivity contribution in [2.75, 3.05) is 23.9 Å². The molecule has 0 unspecified atom stereocenters. The van der Waals surface area contributed by atoms with E-state index in [2.05, 4.69) is 10.6 Å². The molecule has 3 amide bonds. The molecular formula is C27H32ClF3N4O4S. The van der Waals surface area contributed by atoms with Gasteiger partial charge in [-0.3, -0.25) is 9.10 Å². The van der Waals surface area contributed by atoms with Crippen LogP contribution in [0.3, 0.4) is 0 Å². The lowest BCUT2D eigenvalue weighted by Crippen LogP contribution is -2.54. The van der Waals surface area contributed by atoms with Crippen molar-refractivity contribution in [3.63, 3.8) is 0 Å². The van der Waals surface area contributed by atoms with Gasteiger partial charge in [0.1, 0.15) is 6.04 Å². The first-order valence-corrected chi connectivity index (χ1v) is 15.0. The van der Waals surface area contributed by atoms with Crippen LogP contribution in [-0.4, -0.2) is 57.0 Å². The standard InChI is InChI=1S/C27H32ClF3N4O4S/c1-2-24(25(36)34-14-4-5-18(17-34)16-32-26(37)33-21-10-11-21)35(22-7-3-6-19(15-22)27(29,30)31)40(38,39)23-12-8-20(28)9-13-23/h3,6-9,12-13,15,18,21,24H,2,4-5,10-11,14,16-17H2,1H3,(H2,32,33,37)/t18-,24+/m0/s1. The van der Waals surface area contributed by atoms with E-state index in [1.54, 1.807) is 11.8 Å². The van der Waals surface area contributed by atoms with Crippen molar-refractivity contribution in [3.8, 4) is 0 Å². The predicted molar refractivity (Wildman–Crippen MR) is 146 cm³/mol. The number of urea groups is 1. The van der Waals surface area contributed by atoms with Gasteiger partial charge in [-0.25, -0.2) is 13.2 Å². The molecule has 2 fully saturated rings. The number of piperidine rings is 1. The molecule has 1 aliphatic carbocycles. The third kappa shape index (κ3) is 7.20. The third-order valence-corrected chi connectivity index (χ3v) is 9.15. The van der Waals surface area contributed by atoms with Crippen molar-refractivity contribution in [1.82, 2.24) is 15.5 Å². The molecule has 0 bridgehead atoms. The van der Waals surface area contributed by atoms with E-state index < -0.39 is 33.7 Å². The number of nitrogens with zero attached hydrogens (tertiary/aromatic N) is 2. The summed E-state index contributed by atoms with van der Waals surface area (Å²) in [7, 11) is -4.47. The number of carbonyl (C=O) groups excluding carboxylic acids is 2. The number of rotatable bonds is 9. The fraction of sp³-hybridized carbons (Fsp3) is 0.481. The summed E-state index contributed by atoms with van der Waals surface area (Å²) in [6.07, 6.45) is -1.37. The Bertz CT molecular complexity index is 1320. The monoisotopic (exact) mass is 600 g/mol. The van der Waals surface area contributed by atoms with Gasteiger partial charge in [-0.05, 0) is 80.5 Å². The van der Waals surface area contributed by atoms with Crippen molar-refractivity contribution >= 4 is 39.2 Å². The van der Waals surface area contributed by atoms with Crippen LogP contribution < -0.4 is 14.9 Å². The summed E-state index contributed by atoms with van der Waals surface area (Å²) in [6, 6.07) is 7.85. The van der Waals surface area contributed by atoms with Crippen molar-refractivity contribution in [3.05, 3.63) is 59.1 Å². The zero-order chi connectivity index (χ0) is 29.1. The predicted octanol–water partition coefficient (Wildman–Crippen LogP) is 5.03. The van der Waals surface area contributed by atoms with Crippen molar-refractivity contribution in [2.45, 2.75) is 62.2 Å². The average Bonchev–Trinajstić information content (AvgIpc) is 3.74. The second-order valence-electron chi connectivity index (χ2n) is 10.1. The van der Waals surface area contributed by atoms with Gasteiger partial charge in [-0.1, -0.05) is 24.6 Å². The molecule has 218 valence electrons. The highest BCUT2D eigenvalue weighted by atomic mass is 35.5. The number of halogens is 4. The molecule has 2 N–H and O–H groups in total. The largest absolute Gasteiger partial charge is 0.416 e. The van der Waals surface area contributed by atoms with E-state index in [1.165, 1.54) is 30.3 Å². The molecule has 1 saturated carbocycles. The van der Waals surface area contributed by atoms with Crippen LogP contribution in [0.2, 0.25) is 5.02 Å². The highest BCUT2D eigenvalue weighted by molar-refractivity contribution is 7.93. The lowest BCUT2D eigenvalue weighted by atomic mass is 9.97. The molecule has 2 aromatic carbocycles. The molecule has 13 heteroatoms. The quantitative estimate of drug-likeness (QED) is 0.422. The van der Waals surface area contributed by atoms with Crippen LogP contribution in [0, 0.1) is 5.92 Å². The van der Waals surface area contributed by atoms with E-state index >= 15 is 0 Å². The smallest absolute Gasteiger partial charge is 0.341 e. The van der Waals surface area contributed by atoms with Gasteiger partial charge in [0.25, 0.3) is 10.0 Å². The molecule has 2 aromatic rings. The minimum absolute atomic E-state index is 0.0190. The zero-order valence-corrected chi connectivity index (χ0v) is 23.5. The summed E-state index contributed by atoms with van der Waals surface area (Å²) in [6.45, 7) is 2.62. The van der Waals surface area contributed by atoms with E-state index in [4.69, 9.17) is 11.6 Å². The minimum Gasteiger partial charge on any atom is -0.341 e. The summed E-state index contributed by atoms with van der Waals surface area (Å²) < 4.78 is 69.3. The Morgan fingerprint density at radius 1 is 1.12 bits per heavy atom. The van der Waals surface area contributed by atoms with Gasteiger partial charge in [0, 0.05) is 30.7 Å². The third-order valence-electron chi connectivity index (χ3n) is 7.05. The Kier molecular flexibility index (Phi) is 9.19. The number of anilines is 1. The number of likely N-dealkylation sites (tertiary alicyclic amines) is 1. The van der Waals surface area contributed by atoms with Gasteiger partial charge >= 0.3 is 12.2 Å². The van der Waals surface area contributed by atoms with E-state index in [0.717, 1.165) is 41.8 Å². The summed E-state index contributed by atoms with van der Waals surface area (Å²) in [5.74, 6) is -0.556. The van der Waals surface area contributed by atoms with Crippen molar-refractivity contribution < 1.29 is 31.2 Å². The van der Waals surface area contributed by atoms with E-state index in [-0.39, 0.29) is 46.6 Å². The van der Waals surface area contributed by atoms with E-state index in [9.17, 15) is 31.2 Å². The van der Waals surface area contributed by atoms with Crippen LogP contribution in [0.1, 0.15) is 44.6 Å². The number of benzene rings is 2. The van der Waals surface area contributed by atoms with Crippen LogP contribution in [0.15, 0.2) is 53.4 Å². The summed E-state index contributed by atoms with van der Waals surface area (Å²) in [5.41, 5.74) is -1.30. The lowest BCUT2D eigenvalue weighted by molar-refractivity contribution is -0.137. The number of alkyl halides is 3. The number of nitrogens with one attached hydrogen (secondary N) is 2. The molecule has 1 aliphatic heterocycles. The van der Waals surface area contributed by atoms with Gasteiger partial charge < -0.3 is 15.5 Å². The normalized spacial score (nSPS) is 18.6. The first kappa shape index (κ1) is 30.0. The summed E-state index contributed by atoms with van der Waals surface area (Å²) in [5, 5.41) is 5.96. The Balaban J connectivity index is 1.62. The SMILES string of the molecule is CC[C@H](C(=O)N1CCC[C@@H](CNC(=O)NC2CC2)C1)N(c1cccc(C(F)(F)F)c1)S(=O)(=O)c1ccc(Cl)cc1. The fourth-order valence-electron chi connectivity index (χ4n) is 4.81. The maximum absolute atomic E-state index is 13.9. The van der Waals surface area contributed by atoms with Crippen LogP contribution in [0.4, 0.5) is 23.7 Å². The molecule has 0 radical (unpaired) electrons. The fourth-order valence-corrected chi connectivity index (χ4v) is 6.61. The second kappa shape index (κ2) is 12.3. The molecule has 0 spiro atoms. The molecule has 8 nitrogen and oxygen atoms in total. The number of sulfonamides is 1. The highest BCUT2D eigenvalue weighted by Crippen LogP contribution is 2.35. The van der Waals surface area contributed by atoms with Gasteiger partial charge in [0.05, 0.1) is 16.1 Å². The maximum Gasteiger partial charge on any atom is 0.416 e. The summed E-state index contributed by atoms with van der Waals surface area (Å²) >= 11 is 5.93. The first-order valence-electron chi connectivity index (χ1n) is 13.2. The maximum atomic E-state index is 13.9. The van der Waals surface area contributed by atoms with Crippen LogP contribution in [0.5, 0.6) is 0 Å². The molecule has 4 rings (SSSR count). The highest BCUT2D eigenvalue weighted by Gasteiger charge is 2.40. The number of hydrogen-bond acceptors (Lipinski definition) is 4. The van der Waals surface area contributed by atoms with Crippen LogP contribution in [0.25, 0.3) is 0 Å². The topological polar surface area (TPSA) is 98.8 Å².